The van der Waals surface area contributed by atoms with Crippen LogP contribution in [0.2, 0.25) is 0 Å². The standard InChI is InChI=1S/C21H14F3N5O3/c22-13-3-1-12(2-4-13)10-29-20(31)18-19(26-8-7-25-18)28(21(29)32)11-17(30)27-16-6-5-14(23)9-15(16)24/h1-9H,10-11H2,(H,27,30). The van der Waals surface area contributed by atoms with E-state index in [1.807, 2.05) is 0 Å². The van der Waals surface area contributed by atoms with E-state index in [9.17, 15) is 27.6 Å². The molecule has 2 aromatic heterocycles. The fraction of sp³-hybridized carbons (Fsp3) is 0.0952. The van der Waals surface area contributed by atoms with E-state index < -0.39 is 41.2 Å². The number of nitrogens with one attached hydrogen (secondary N) is 1. The van der Waals surface area contributed by atoms with Crippen molar-refractivity contribution in [3.05, 3.63) is 98.7 Å². The summed E-state index contributed by atoms with van der Waals surface area (Å²) in [5.74, 6) is -3.09. The van der Waals surface area contributed by atoms with Crippen molar-refractivity contribution in [1.82, 2.24) is 19.1 Å². The Morgan fingerprint density at radius 2 is 1.59 bits per heavy atom. The van der Waals surface area contributed by atoms with E-state index in [1.165, 1.54) is 36.7 Å². The van der Waals surface area contributed by atoms with E-state index in [4.69, 9.17) is 0 Å². The van der Waals surface area contributed by atoms with Gasteiger partial charge in [-0.05, 0) is 29.8 Å². The number of amides is 1. The first-order chi connectivity index (χ1) is 15.3. The summed E-state index contributed by atoms with van der Waals surface area (Å²) < 4.78 is 41.9. The van der Waals surface area contributed by atoms with E-state index in [2.05, 4.69) is 15.3 Å². The fourth-order valence-corrected chi connectivity index (χ4v) is 3.11. The Morgan fingerprint density at radius 1 is 0.906 bits per heavy atom. The van der Waals surface area contributed by atoms with Gasteiger partial charge in [0.2, 0.25) is 5.91 Å². The Hall–Kier alpha value is -4.28. The molecule has 32 heavy (non-hydrogen) atoms. The molecule has 2 aromatic carbocycles. The van der Waals surface area contributed by atoms with Gasteiger partial charge in [-0.3, -0.25) is 18.7 Å². The molecule has 0 radical (unpaired) electrons. The van der Waals surface area contributed by atoms with Crippen molar-refractivity contribution in [2.24, 2.45) is 0 Å². The molecule has 0 spiro atoms. The van der Waals surface area contributed by atoms with Gasteiger partial charge in [-0.25, -0.2) is 27.9 Å². The van der Waals surface area contributed by atoms with Crippen LogP contribution in [0.4, 0.5) is 18.9 Å². The lowest BCUT2D eigenvalue weighted by Gasteiger charge is -2.13. The number of nitrogens with zero attached hydrogens (tertiary/aromatic N) is 4. The van der Waals surface area contributed by atoms with E-state index >= 15 is 0 Å². The lowest BCUT2D eigenvalue weighted by molar-refractivity contribution is -0.116. The average molecular weight is 441 g/mol. The first-order valence-electron chi connectivity index (χ1n) is 9.27. The van der Waals surface area contributed by atoms with Gasteiger partial charge in [0.25, 0.3) is 5.56 Å². The second-order valence-electron chi connectivity index (χ2n) is 6.79. The van der Waals surface area contributed by atoms with Crippen molar-refractivity contribution >= 4 is 22.8 Å². The molecule has 1 amide bonds. The van der Waals surface area contributed by atoms with Crippen LogP contribution in [0.1, 0.15) is 5.56 Å². The van der Waals surface area contributed by atoms with Gasteiger partial charge in [0.15, 0.2) is 11.2 Å². The van der Waals surface area contributed by atoms with E-state index in [-0.39, 0.29) is 23.4 Å². The number of anilines is 1. The number of hydrogen-bond donors (Lipinski definition) is 1. The van der Waals surface area contributed by atoms with Gasteiger partial charge in [-0.2, -0.15) is 0 Å². The quantitative estimate of drug-likeness (QED) is 0.511. The molecule has 0 aliphatic carbocycles. The van der Waals surface area contributed by atoms with Gasteiger partial charge in [0.1, 0.15) is 24.0 Å². The zero-order valence-electron chi connectivity index (χ0n) is 16.3. The molecule has 11 heteroatoms. The maximum atomic E-state index is 13.9. The van der Waals surface area contributed by atoms with Gasteiger partial charge >= 0.3 is 5.69 Å². The normalized spacial score (nSPS) is 11.0. The highest BCUT2D eigenvalue weighted by molar-refractivity contribution is 5.91. The molecule has 0 bridgehead atoms. The largest absolute Gasteiger partial charge is 0.333 e. The maximum Gasteiger partial charge on any atom is 0.333 e. The minimum Gasteiger partial charge on any atom is -0.322 e. The van der Waals surface area contributed by atoms with Crippen molar-refractivity contribution in [1.29, 1.82) is 0 Å². The van der Waals surface area contributed by atoms with Crippen molar-refractivity contribution in [3.63, 3.8) is 0 Å². The molecule has 0 saturated heterocycles. The number of fused-ring (bicyclic) bond motifs is 1. The van der Waals surface area contributed by atoms with Crippen molar-refractivity contribution in [2.45, 2.75) is 13.1 Å². The summed E-state index contributed by atoms with van der Waals surface area (Å²) in [6.45, 7) is -0.812. The van der Waals surface area contributed by atoms with Gasteiger partial charge < -0.3 is 5.32 Å². The fourth-order valence-electron chi connectivity index (χ4n) is 3.11. The summed E-state index contributed by atoms with van der Waals surface area (Å²) in [4.78, 5) is 46.3. The number of rotatable bonds is 5. The van der Waals surface area contributed by atoms with E-state index in [1.54, 1.807) is 0 Å². The molecule has 0 unspecified atom stereocenters. The lowest BCUT2D eigenvalue weighted by Crippen LogP contribution is -2.42. The van der Waals surface area contributed by atoms with Crippen LogP contribution in [0.25, 0.3) is 11.2 Å². The third-order valence-electron chi connectivity index (χ3n) is 4.61. The van der Waals surface area contributed by atoms with E-state index in [0.717, 1.165) is 21.3 Å². The number of benzene rings is 2. The van der Waals surface area contributed by atoms with Crippen molar-refractivity contribution < 1.29 is 18.0 Å². The molecule has 2 heterocycles. The first kappa shape index (κ1) is 21.0. The average Bonchev–Trinajstić information content (AvgIpc) is 2.77. The highest BCUT2D eigenvalue weighted by atomic mass is 19.1. The van der Waals surface area contributed by atoms with Crippen LogP contribution in [0.15, 0.2) is 64.4 Å². The summed E-state index contributed by atoms with van der Waals surface area (Å²) in [6.07, 6.45) is 2.51. The Morgan fingerprint density at radius 3 is 2.31 bits per heavy atom. The minimum atomic E-state index is -0.989. The van der Waals surface area contributed by atoms with Crippen LogP contribution in [0.3, 0.4) is 0 Å². The SMILES string of the molecule is O=C(Cn1c(=O)n(Cc2ccc(F)cc2)c(=O)c2nccnc21)Nc1ccc(F)cc1F. The van der Waals surface area contributed by atoms with Crippen LogP contribution in [-0.4, -0.2) is 25.0 Å². The third-order valence-corrected chi connectivity index (χ3v) is 4.61. The smallest absolute Gasteiger partial charge is 0.322 e. The maximum absolute atomic E-state index is 13.9. The van der Waals surface area contributed by atoms with Gasteiger partial charge in [-0.1, -0.05) is 12.1 Å². The summed E-state index contributed by atoms with van der Waals surface area (Å²) in [7, 11) is 0. The molecule has 162 valence electrons. The second kappa shape index (κ2) is 8.46. The molecule has 1 N–H and O–H groups in total. The summed E-state index contributed by atoms with van der Waals surface area (Å²) in [5, 5.41) is 2.25. The highest BCUT2D eigenvalue weighted by Gasteiger charge is 2.18. The van der Waals surface area contributed by atoms with Gasteiger partial charge in [0.05, 0.1) is 12.2 Å². The van der Waals surface area contributed by atoms with Crippen LogP contribution in [-0.2, 0) is 17.9 Å². The number of hydrogen-bond acceptors (Lipinski definition) is 5. The monoisotopic (exact) mass is 441 g/mol. The Kier molecular flexibility index (Phi) is 5.54. The Labute approximate surface area is 177 Å². The molecule has 0 saturated carbocycles. The summed E-state index contributed by atoms with van der Waals surface area (Å²) in [6, 6.07) is 7.81. The highest BCUT2D eigenvalue weighted by Crippen LogP contribution is 2.15. The number of carbonyl (C=O) groups is 1. The van der Waals surface area contributed by atoms with Gasteiger partial charge in [0, 0.05) is 18.5 Å². The van der Waals surface area contributed by atoms with Crippen LogP contribution < -0.4 is 16.6 Å². The van der Waals surface area contributed by atoms with Gasteiger partial charge in [-0.15, -0.1) is 0 Å². The zero-order valence-corrected chi connectivity index (χ0v) is 16.3. The molecule has 0 atom stereocenters. The predicted molar refractivity (Wildman–Crippen MR) is 109 cm³/mol. The number of carbonyl (C=O) groups excluding carboxylic acids is 1. The van der Waals surface area contributed by atoms with E-state index in [0.29, 0.717) is 11.6 Å². The summed E-state index contributed by atoms with van der Waals surface area (Å²) >= 11 is 0. The summed E-state index contributed by atoms with van der Waals surface area (Å²) in [5.41, 5.74) is -1.69. The molecule has 0 aliphatic rings. The molecule has 4 aromatic rings. The molecule has 0 fully saturated rings. The lowest BCUT2D eigenvalue weighted by atomic mass is 10.2. The van der Waals surface area contributed by atoms with Crippen LogP contribution in [0, 0.1) is 17.5 Å². The zero-order chi connectivity index (χ0) is 22.8. The Bertz CT molecular complexity index is 1450. The van der Waals surface area contributed by atoms with Crippen LogP contribution >= 0.6 is 0 Å². The molecular weight excluding hydrogens is 427 g/mol. The second-order valence-corrected chi connectivity index (χ2v) is 6.79. The van der Waals surface area contributed by atoms with Crippen molar-refractivity contribution in [2.75, 3.05) is 5.32 Å². The molecular formula is C21H14F3N5O3. The topological polar surface area (TPSA) is 98.9 Å². The molecule has 4 rings (SSSR count). The predicted octanol–water partition coefficient (Wildman–Crippen LogP) is 2.06. The number of halogens is 3. The van der Waals surface area contributed by atoms with Crippen molar-refractivity contribution in [3.8, 4) is 0 Å². The minimum absolute atomic E-state index is 0.132. The third kappa shape index (κ3) is 4.13. The molecule has 8 nitrogen and oxygen atoms in total. The first-order valence-corrected chi connectivity index (χ1v) is 9.27. The number of aromatic nitrogens is 4. The molecule has 0 aliphatic heterocycles. The Balaban J connectivity index is 1.74. The van der Waals surface area contributed by atoms with Crippen LogP contribution in [0.5, 0.6) is 0 Å².